The van der Waals surface area contributed by atoms with Crippen LogP contribution in [0.1, 0.15) is 0 Å². The number of aliphatic hydroxyl groups is 4. The summed E-state index contributed by atoms with van der Waals surface area (Å²) in [6.45, 7) is 0.195. The topological polar surface area (TPSA) is 162 Å². The maximum absolute atomic E-state index is 11.2. The van der Waals surface area contributed by atoms with Crippen molar-refractivity contribution in [2.24, 2.45) is 5.73 Å². The number of rotatable bonds is 7. The Morgan fingerprint density at radius 1 is 1.17 bits per heavy atom. The molecule has 0 saturated carbocycles. The first-order chi connectivity index (χ1) is 8.36. The van der Waals surface area contributed by atoms with Crippen LogP contribution in [0.3, 0.4) is 0 Å². The van der Waals surface area contributed by atoms with E-state index in [1.165, 1.54) is 0 Å². The highest BCUT2D eigenvalue weighted by atomic mass is 16.5. The molecule has 0 fully saturated rings. The van der Waals surface area contributed by atoms with Crippen LogP contribution in [-0.2, 0) is 14.3 Å². The molecule has 0 spiro atoms. The van der Waals surface area contributed by atoms with Gasteiger partial charge in [-0.25, -0.2) is 4.79 Å². The number of ether oxygens (including phenoxy) is 1. The molecule has 1 amide bonds. The highest BCUT2D eigenvalue weighted by Crippen LogP contribution is 2.06. The van der Waals surface area contributed by atoms with Gasteiger partial charge < -0.3 is 36.2 Å². The maximum Gasteiger partial charge on any atom is 0.337 e. The van der Waals surface area contributed by atoms with E-state index in [-0.39, 0.29) is 13.1 Å². The van der Waals surface area contributed by atoms with E-state index < -0.39 is 36.3 Å². The standard InChI is InChI=1S/C9H18N2O7/c1-18-9(17)7(15)5(13)4(12)6(14)8(16)11-3-2-10/h4-7,12-15H,2-3,10H2,1H3,(H,11,16)/t4-,5-,6-,7+/m0/s1. The summed E-state index contributed by atoms with van der Waals surface area (Å²) in [7, 11) is 0.967. The first-order valence-electron chi connectivity index (χ1n) is 5.14. The van der Waals surface area contributed by atoms with Gasteiger partial charge in [0.25, 0.3) is 5.91 Å². The van der Waals surface area contributed by atoms with Gasteiger partial charge in [-0.3, -0.25) is 4.79 Å². The van der Waals surface area contributed by atoms with E-state index in [1.807, 2.05) is 0 Å². The minimum atomic E-state index is -2.07. The predicted octanol–water partition coefficient (Wildman–Crippen LogP) is -4.32. The second-order valence-electron chi connectivity index (χ2n) is 3.47. The second kappa shape index (κ2) is 7.95. The van der Waals surface area contributed by atoms with Crippen LogP contribution in [0.4, 0.5) is 0 Å². The molecule has 0 bridgehead atoms. The molecule has 0 saturated heterocycles. The number of carbonyl (C=O) groups is 2. The Balaban J connectivity index is 4.48. The summed E-state index contributed by atoms with van der Waals surface area (Å²) in [5.74, 6) is -2.18. The number of methoxy groups -OCH3 is 1. The van der Waals surface area contributed by atoms with Crippen molar-refractivity contribution in [3.8, 4) is 0 Å². The molecular formula is C9H18N2O7. The summed E-state index contributed by atoms with van der Waals surface area (Å²) in [5.41, 5.74) is 5.11. The number of aliphatic hydroxyl groups excluding tert-OH is 4. The lowest BCUT2D eigenvalue weighted by Gasteiger charge is -2.24. The van der Waals surface area contributed by atoms with Crippen molar-refractivity contribution in [3.05, 3.63) is 0 Å². The summed E-state index contributed by atoms with van der Waals surface area (Å²) < 4.78 is 4.13. The van der Waals surface area contributed by atoms with Crippen LogP contribution >= 0.6 is 0 Å². The summed E-state index contributed by atoms with van der Waals surface area (Å²) in [6, 6.07) is 0. The molecule has 9 nitrogen and oxygen atoms in total. The Labute approximate surface area is 103 Å². The van der Waals surface area contributed by atoms with E-state index in [0.29, 0.717) is 0 Å². The summed E-state index contributed by atoms with van der Waals surface area (Å²) in [5, 5.41) is 39.5. The monoisotopic (exact) mass is 266 g/mol. The highest BCUT2D eigenvalue weighted by molar-refractivity contribution is 5.81. The molecule has 106 valence electrons. The Morgan fingerprint density at radius 2 is 1.67 bits per heavy atom. The SMILES string of the molecule is COC(=O)[C@H](O)[C@@H](O)[C@H](O)[C@H](O)C(=O)NCCN. The van der Waals surface area contributed by atoms with Crippen molar-refractivity contribution in [2.75, 3.05) is 20.2 Å². The largest absolute Gasteiger partial charge is 0.467 e. The van der Waals surface area contributed by atoms with Crippen molar-refractivity contribution in [1.29, 1.82) is 0 Å². The van der Waals surface area contributed by atoms with Gasteiger partial charge in [0.05, 0.1) is 7.11 Å². The molecule has 0 aromatic carbocycles. The van der Waals surface area contributed by atoms with Crippen LogP contribution in [0.15, 0.2) is 0 Å². The zero-order valence-electron chi connectivity index (χ0n) is 9.81. The van der Waals surface area contributed by atoms with Gasteiger partial charge in [-0.05, 0) is 0 Å². The van der Waals surface area contributed by atoms with E-state index in [0.717, 1.165) is 7.11 Å². The van der Waals surface area contributed by atoms with Crippen molar-refractivity contribution < 1.29 is 34.8 Å². The second-order valence-corrected chi connectivity index (χ2v) is 3.47. The predicted molar refractivity (Wildman–Crippen MR) is 58.1 cm³/mol. The zero-order chi connectivity index (χ0) is 14.3. The average molecular weight is 266 g/mol. The van der Waals surface area contributed by atoms with Crippen molar-refractivity contribution in [3.63, 3.8) is 0 Å². The van der Waals surface area contributed by atoms with Gasteiger partial charge in [-0.2, -0.15) is 0 Å². The normalized spacial score (nSPS) is 17.4. The molecule has 0 rings (SSSR count). The lowest BCUT2D eigenvalue weighted by molar-refractivity contribution is -0.169. The lowest BCUT2D eigenvalue weighted by Crippen LogP contribution is -2.53. The summed E-state index contributed by atoms with van der Waals surface area (Å²) >= 11 is 0. The first-order valence-corrected chi connectivity index (χ1v) is 5.14. The summed E-state index contributed by atoms with van der Waals surface area (Å²) in [4.78, 5) is 22.1. The minimum absolute atomic E-state index is 0.0677. The third-order valence-corrected chi connectivity index (χ3v) is 2.15. The van der Waals surface area contributed by atoms with E-state index in [9.17, 15) is 30.0 Å². The van der Waals surface area contributed by atoms with E-state index in [1.54, 1.807) is 0 Å². The van der Waals surface area contributed by atoms with Crippen LogP contribution in [0, 0.1) is 0 Å². The number of carbonyl (C=O) groups excluding carboxylic acids is 2. The molecule has 0 aromatic rings. The Morgan fingerprint density at radius 3 is 2.11 bits per heavy atom. The Hall–Kier alpha value is -1.26. The third-order valence-electron chi connectivity index (χ3n) is 2.15. The van der Waals surface area contributed by atoms with Crippen LogP contribution < -0.4 is 11.1 Å². The van der Waals surface area contributed by atoms with Gasteiger partial charge in [0.1, 0.15) is 12.2 Å². The molecule has 0 aliphatic heterocycles. The first kappa shape index (κ1) is 16.7. The molecule has 0 aromatic heterocycles. The van der Waals surface area contributed by atoms with Crippen LogP contribution in [0.5, 0.6) is 0 Å². The average Bonchev–Trinajstić information content (AvgIpc) is 2.40. The minimum Gasteiger partial charge on any atom is -0.467 e. The Bertz CT molecular complexity index is 286. The van der Waals surface area contributed by atoms with E-state index in [4.69, 9.17) is 5.73 Å². The van der Waals surface area contributed by atoms with Crippen molar-refractivity contribution in [2.45, 2.75) is 24.4 Å². The summed E-state index contributed by atoms with van der Waals surface area (Å²) in [6.07, 6.45) is -8.18. The molecule has 0 aliphatic rings. The molecular weight excluding hydrogens is 248 g/mol. The lowest BCUT2D eigenvalue weighted by atomic mass is 10.0. The third kappa shape index (κ3) is 4.55. The molecule has 9 heteroatoms. The van der Waals surface area contributed by atoms with Gasteiger partial charge >= 0.3 is 5.97 Å². The fourth-order valence-electron chi connectivity index (χ4n) is 1.09. The number of amides is 1. The fraction of sp³-hybridized carbons (Fsp3) is 0.778. The number of nitrogens with two attached hydrogens (primary N) is 1. The highest BCUT2D eigenvalue weighted by Gasteiger charge is 2.37. The smallest absolute Gasteiger partial charge is 0.337 e. The zero-order valence-corrected chi connectivity index (χ0v) is 9.81. The maximum atomic E-state index is 11.2. The van der Waals surface area contributed by atoms with Crippen LogP contribution in [-0.4, -0.2) is 76.9 Å². The van der Waals surface area contributed by atoms with Crippen molar-refractivity contribution in [1.82, 2.24) is 5.32 Å². The number of hydrogen-bond acceptors (Lipinski definition) is 8. The van der Waals surface area contributed by atoms with Gasteiger partial charge in [-0.15, -0.1) is 0 Å². The van der Waals surface area contributed by atoms with Gasteiger partial charge in [0, 0.05) is 13.1 Å². The van der Waals surface area contributed by atoms with E-state index in [2.05, 4.69) is 10.1 Å². The molecule has 0 unspecified atom stereocenters. The van der Waals surface area contributed by atoms with Crippen LogP contribution in [0.25, 0.3) is 0 Å². The number of esters is 1. The molecule has 7 N–H and O–H groups in total. The molecule has 0 radical (unpaired) electrons. The van der Waals surface area contributed by atoms with E-state index >= 15 is 0 Å². The van der Waals surface area contributed by atoms with Gasteiger partial charge in [0.15, 0.2) is 12.2 Å². The molecule has 0 heterocycles. The molecule has 18 heavy (non-hydrogen) atoms. The van der Waals surface area contributed by atoms with Gasteiger partial charge in [0.2, 0.25) is 0 Å². The molecule has 4 atom stereocenters. The Kier molecular flexibility index (Phi) is 7.39. The fourth-order valence-corrected chi connectivity index (χ4v) is 1.09. The van der Waals surface area contributed by atoms with Crippen molar-refractivity contribution >= 4 is 11.9 Å². The number of hydrogen-bond donors (Lipinski definition) is 6. The van der Waals surface area contributed by atoms with Crippen LogP contribution in [0.2, 0.25) is 0 Å². The van der Waals surface area contributed by atoms with Gasteiger partial charge in [-0.1, -0.05) is 0 Å². The number of nitrogens with one attached hydrogen (secondary N) is 1. The quantitative estimate of drug-likeness (QED) is 0.252. The molecule has 0 aliphatic carbocycles.